The number of benzene rings is 2. The largest absolute Gasteiger partial charge is 0.497 e. The Labute approximate surface area is 163 Å². The van der Waals surface area contributed by atoms with Crippen molar-refractivity contribution < 1.29 is 27.8 Å². The lowest BCUT2D eigenvalue weighted by molar-refractivity contribution is -0.141. The lowest BCUT2D eigenvalue weighted by atomic mass is 10.0. The minimum absolute atomic E-state index is 0.0433. The molecule has 1 atom stereocenters. The molecular formula is C18H20ClNO6S. The Bertz CT molecular complexity index is 914. The predicted molar refractivity (Wildman–Crippen MR) is 101 cm³/mol. The standard InChI is InChI=1S/C18H20ClNO6S/c1-20(27(23,24)15-7-4-13(19)5-8-15)16(18(21)22)11-12-10-14(25-2)6-9-17(12)26-3/h4-10,16H,11H2,1-3H3,(H,21,22)/t16-/m1/s1. The van der Waals surface area contributed by atoms with Crippen LogP contribution in [0.25, 0.3) is 0 Å². The van der Waals surface area contributed by atoms with Crippen molar-refractivity contribution >= 4 is 27.6 Å². The first kappa shape index (κ1) is 21.0. The number of methoxy groups -OCH3 is 2. The fraction of sp³-hybridized carbons (Fsp3) is 0.278. The molecule has 0 aromatic heterocycles. The molecule has 0 heterocycles. The van der Waals surface area contributed by atoms with Crippen molar-refractivity contribution in [1.82, 2.24) is 4.31 Å². The van der Waals surface area contributed by atoms with Gasteiger partial charge < -0.3 is 14.6 Å². The number of rotatable bonds is 8. The van der Waals surface area contributed by atoms with Gasteiger partial charge in [-0.2, -0.15) is 4.31 Å². The summed E-state index contributed by atoms with van der Waals surface area (Å²) in [5.74, 6) is -0.322. The minimum Gasteiger partial charge on any atom is -0.497 e. The van der Waals surface area contributed by atoms with Crippen molar-refractivity contribution in [2.24, 2.45) is 0 Å². The molecule has 0 radical (unpaired) electrons. The number of nitrogens with zero attached hydrogens (tertiary/aromatic N) is 1. The molecule has 146 valence electrons. The third-order valence-electron chi connectivity index (χ3n) is 4.12. The Balaban J connectivity index is 2.40. The van der Waals surface area contributed by atoms with E-state index in [1.54, 1.807) is 18.2 Å². The number of carbonyl (C=O) groups is 1. The molecule has 0 bridgehead atoms. The van der Waals surface area contributed by atoms with E-state index in [4.69, 9.17) is 21.1 Å². The quantitative estimate of drug-likeness (QED) is 0.715. The smallest absolute Gasteiger partial charge is 0.322 e. The van der Waals surface area contributed by atoms with Crippen LogP contribution >= 0.6 is 11.6 Å². The van der Waals surface area contributed by atoms with Gasteiger partial charge in [0.25, 0.3) is 0 Å². The summed E-state index contributed by atoms with van der Waals surface area (Å²) in [6, 6.07) is 9.13. The maximum Gasteiger partial charge on any atom is 0.322 e. The molecule has 0 amide bonds. The Morgan fingerprint density at radius 1 is 1.15 bits per heavy atom. The first-order valence-corrected chi connectivity index (χ1v) is 9.69. The van der Waals surface area contributed by atoms with Crippen molar-refractivity contribution in [2.45, 2.75) is 17.4 Å². The van der Waals surface area contributed by atoms with Gasteiger partial charge in [0.2, 0.25) is 10.0 Å². The molecule has 2 aromatic rings. The lowest BCUT2D eigenvalue weighted by Crippen LogP contribution is -2.43. The van der Waals surface area contributed by atoms with E-state index in [1.165, 1.54) is 45.5 Å². The summed E-state index contributed by atoms with van der Waals surface area (Å²) in [6.45, 7) is 0. The first-order chi connectivity index (χ1) is 12.7. The Kier molecular flexibility index (Phi) is 6.69. The molecule has 0 unspecified atom stereocenters. The molecule has 0 aliphatic carbocycles. The molecule has 1 N–H and O–H groups in total. The van der Waals surface area contributed by atoms with Gasteiger partial charge in [-0.25, -0.2) is 8.42 Å². The predicted octanol–water partition coefficient (Wildman–Crippen LogP) is 2.67. The topological polar surface area (TPSA) is 93.1 Å². The van der Waals surface area contributed by atoms with E-state index in [1.807, 2.05) is 0 Å². The summed E-state index contributed by atoms with van der Waals surface area (Å²) in [7, 11) is 0.135. The highest BCUT2D eigenvalue weighted by atomic mass is 35.5. The normalized spacial score (nSPS) is 12.6. The van der Waals surface area contributed by atoms with E-state index in [0.29, 0.717) is 22.1 Å². The molecule has 0 spiro atoms. The molecule has 0 saturated heterocycles. The number of carboxylic acids is 1. The average molecular weight is 414 g/mol. The SMILES string of the molecule is COc1ccc(OC)c(C[C@H](C(=O)O)N(C)S(=O)(=O)c2ccc(Cl)cc2)c1. The van der Waals surface area contributed by atoms with Crippen LogP contribution in [0.2, 0.25) is 5.02 Å². The van der Waals surface area contributed by atoms with Crippen LogP contribution in [0.1, 0.15) is 5.56 Å². The highest BCUT2D eigenvalue weighted by Crippen LogP contribution is 2.27. The summed E-state index contributed by atoms with van der Waals surface area (Å²) in [5.41, 5.74) is 0.516. The number of aliphatic carboxylic acids is 1. The molecule has 7 nitrogen and oxygen atoms in total. The van der Waals surface area contributed by atoms with Crippen LogP contribution in [0.5, 0.6) is 11.5 Å². The second-order valence-electron chi connectivity index (χ2n) is 5.71. The van der Waals surface area contributed by atoms with Crippen molar-refractivity contribution in [2.75, 3.05) is 21.3 Å². The molecule has 0 aliphatic rings. The van der Waals surface area contributed by atoms with Crippen LogP contribution in [-0.2, 0) is 21.2 Å². The van der Waals surface area contributed by atoms with Gasteiger partial charge in [0.1, 0.15) is 17.5 Å². The molecule has 2 aromatic carbocycles. The molecule has 0 fully saturated rings. The number of sulfonamides is 1. The van der Waals surface area contributed by atoms with Gasteiger partial charge in [-0.15, -0.1) is 0 Å². The number of halogens is 1. The number of ether oxygens (including phenoxy) is 2. The second kappa shape index (κ2) is 8.60. The molecule has 2 rings (SSSR count). The van der Waals surface area contributed by atoms with E-state index < -0.39 is 22.0 Å². The molecule has 0 aliphatic heterocycles. The zero-order chi connectivity index (χ0) is 20.2. The van der Waals surface area contributed by atoms with Gasteiger partial charge in [0.15, 0.2) is 0 Å². The van der Waals surface area contributed by atoms with E-state index >= 15 is 0 Å². The number of likely N-dealkylation sites (N-methyl/N-ethyl adjacent to an activating group) is 1. The molecular weight excluding hydrogens is 394 g/mol. The van der Waals surface area contributed by atoms with Crippen LogP contribution in [0, 0.1) is 0 Å². The molecule has 9 heteroatoms. The maximum atomic E-state index is 12.8. The van der Waals surface area contributed by atoms with Gasteiger partial charge >= 0.3 is 5.97 Å². The fourth-order valence-electron chi connectivity index (χ4n) is 2.56. The summed E-state index contributed by atoms with van der Waals surface area (Å²) >= 11 is 5.80. The van der Waals surface area contributed by atoms with E-state index in [9.17, 15) is 18.3 Å². The summed E-state index contributed by atoms with van der Waals surface area (Å²) in [5, 5.41) is 10.0. The van der Waals surface area contributed by atoms with Crippen LogP contribution < -0.4 is 9.47 Å². The average Bonchev–Trinajstić information content (AvgIpc) is 2.65. The van der Waals surface area contributed by atoms with Gasteiger partial charge in [0.05, 0.1) is 19.1 Å². The highest BCUT2D eigenvalue weighted by molar-refractivity contribution is 7.89. The number of hydrogen-bond acceptors (Lipinski definition) is 5. The third kappa shape index (κ3) is 4.71. The van der Waals surface area contributed by atoms with Crippen molar-refractivity contribution in [3.05, 3.63) is 53.1 Å². The van der Waals surface area contributed by atoms with Crippen molar-refractivity contribution in [1.29, 1.82) is 0 Å². The van der Waals surface area contributed by atoms with Crippen LogP contribution in [0.15, 0.2) is 47.4 Å². The Hall–Kier alpha value is -2.29. The van der Waals surface area contributed by atoms with E-state index in [-0.39, 0.29) is 11.3 Å². The third-order valence-corrected chi connectivity index (χ3v) is 6.25. The number of hydrogen-bond donors (Lipinski definition) is 1. The molecule has 27 heavy (non-hydrogen) atoms. The van der Waals surface area contributed by atoms with Gasteiger partial charge in [-0.1, -0.05) is 11.6 Å². The maximum absolute atomic E-state index is 12.8. The van der Waals surface area contributed by atoms with E-state index in [0.717, 1.165) is 4.31 Å². The Morgan fingerprint density at radius 2 is 1.78 bits per heavy atom. The van der Waals surface area contributed by atoms with Crippen LogP contribution in [0.3, 0.4) is 0 Å². The van der Waals surface area contributed by atoms with Gasteiger partial charge in [-0.3, -0.25) is 4.79 Å². The van der Waals surface area contributed by atoms with Gasteiger partial charge in [-0.05, 0) is 48.0 Å². The van der Waals surface area contributed by atoms with Crippen molar-refractivity contribution in [3.63, 3.8) is 0 Å². The minimum atomic E-state index is -4.03. The zero-order valence-electron chi connectivity index (χ0n) is 15.0. The first-order valence-electron chi connectivity index (χ1n) is 7.88. The van der Waals surface area contributed by atoms with Crippen LogP contribution in [-0.4, -0.2) is 51.1 Å². The Morgan fingerprint density at radius 3 is 2.30 bits per heavy atom. The van der Waals surface area contributed by atoms with Crippen LogP contribution in [0.4, 0.5) is 0 Å². The zero-order valence-corrected chi connectivity index (χ0v) is 16.6. The lowest BCUT2D eigenvalue weighted by Gasteiger charge is -2.25. The fourth-order valence-corrected chi connectivity index (χ4v) is 4.00. The molecule has 0 saturated carbocycles. The summed E-state index contributed by atoms with van der Waals surface area (Å²) < 4.78 is 36.9. The number of carboxylic acid groups (broad SMARTS) is 1. The highest BCUT2D eigenvalue weighted by Gasteiger charge is 2.33. The summed E-state index contributed by atoms with van der Waals surface area (Å²) in [6.07, 6.45) is -0.0982. The van der Waals surface area contributed by atoms with E-state index in [2.05, 4.69) is 0 Å². The van der Waals surface area contributed by atoms with Gasteiger partial charge in [0, 0.05) is 18.5 Å². The summed E-state index contributed by atoms with van der Waals surface area (Å²) in [4.78, 5) is 11.8. The monoisotopic (exact) mass is 413 g/mol. The van der Waals surface area contributed by atoms with Crippen molar-refractivity contribution in [3.8, 4) is 11.5 Å². The second-order valence-corrected chi connectivity index (χ2v) is 8.15.